The van der Waals surface area contributed by atoms with Gasteiger partial charge in [0.25, 0.3) is 0 Å². The van der Waals surface area contributed by atoms with Crippen molar-refractivity contribution in [3.8, 4) is 0 Å². The molecule has 0 radical (unpaired) electrons. The van der Waals surface area contributed by atoms with E-state index in [4.69, 9.17) is 11.6 Å². The molecule has 148 valence electrons. The summed E-state index contributed by atoms with van der Waals surface area (Å²) in [4.78, 5) is 19.4. The van der Waals surface area contributed by atoms with E-state index >= 15 is 0 Å². The highest BCUT2D eigenvalue weighted by Gasteiger charge is 2.24. The quantitative estimate of drug-likeness (QED) is 0.589. The van der Waals surface area contributed by atoms with Crippen LogP contribution in [0, 0.1) is 11.6 Å². The summed E-state index contributed by atoms with van der Waals surface area (Å²) in [6.45, 7) is 1.76. The van der Waals surface area contributed by atoms with Crippen LogP contribution in [0.3, 0.4) is 0 Å². The fraction of sp³-hybridized carbons (Fsp3) is 0.176. The van der Waals surface area contributed by atoms with Gasteiger partial charge in [-0.2, -0.15) is 12.7 Å². The van der Waals surface area contributed by atoms with Gasteiger partial charge < -0.3 is 4.98 Å². The molecule has 2 aromatic heterocycles. The smallest absolute Gasteiger partial charge is 0.301 e. The van der Waals surface area contributed by atoms with Crippen molar-refractivity contribution in [3.05, 3.63) is 58.4 Å². The number of H-pyrrole nitrogens is 1. The lowest BCUT2D eigenvalue weighted by Gasteiger charge is -2.16. The summed E-state index contributed by atoms with van der Waals surface area (Å²) in [6.07, 6.45) is 2.64. The number of anilines is 1. The van der Waals surface area contributed by atoms with Crippen molar-refractivity contribution in [1.82, 2.24) is 14.3 Å². The molecule has 7 nitrogen and oxygen atoms in total. The Morgan fingerprint density at radius 1 is 1.29 bits per heavy atom. The van der Waals surface area contributed by atoms with Crippen LogP contribution < -0.4 is 4.72 Å². The van der Waals surface area contributed by atoms with Crippen molar-refractivity contribution in [2.24, 2.45) is 0 Å². The van der Waals surface area contributed by atoms with Gasteiger partial charge in [0.05, 0.1) is 16.3 Å². The first-order valence-corrected chi connectivity index (χ1v) is 9.86. The number of pyridine rings is 1. The molecule has 28 heavy (non-hydrogen) atoms. The van der Waals surface area contributed by atoms with Gasteiger partial charge in [0, 0.05) is 36.9 Å². The van der Waals surface area contributed by atoms with E-state index in [0.717, 1.165) is 16.4 Å². The van der Waals surface area contributed by atoms with Crippen LogP contribution in [0.2, 0.25) is 5.02 Å². The molecule has 2 heterocycles. The third-order valence-electron chi connectivity index (χ3n) is 4.11. The molecule has 0 unspecified atom stereocenters. The molecule has 0 fully saturated rings. The van der Waals surface area contributed by atoms with E-state index < -0.39 is 33.2 Å². The van der Waals surface area contributed by atoms with Gasteiger partial charge in [-0.15, -0.1) is 0 Å². The van der Waals surface area contributed by atoms with E-state index in [1.165, 1.54) is 25.5 Å². The Morgan fingerprint density at radius 3 is 2.54 bits per heavy atom. The van der Waals surface area contributed by atoms with Crippen molar-refractivity contribution in [3.63, 3.8) is 0 Å². The second-order valence-corrected chi connectivity index (χ2v) is 8.13. The molecule has 11 heteroatoms. The molecule has 0 spiro atoms. The summed E-state index contributed by atoms with van der Waals surface area (Å²) in [6, 6.07) is 2.95. The minimum Gasteiger partial charge on any atom is -0.345 e. The maximum atomic E-state index is 14.5. The van der Waals surface area contributed by atoms with Gasteiger partial charge in [-0.25, -0.2) is 13.8 Å². The van der Waals surface area contributed by atoms with E-state index in [1.807, 2.05) is 0 Å². The van der Waals surface area contributed by atoms with E-state index in [1.54, 1.807) is 6.92 Å². The van der Waals surface area contributed by atoms with Crippen LogP contribution in [-0.2, 0) is 10.2 Å². The maximum absolute atomic E-state index is 14.5. The molecule has 0 aliphatic rings. The second kappa shape index (κ2) is 7.46. The van der Waals surface area contributed by atoms with Crippen LogP contribution in [-0.4, -0.2) is 42.1 Å². The van der Waals surface area contributed by atoms with Crippen LogP contribution in [0.5, 0.6) is 0 Å². The van der Waals surface area contributed by atoms with Gasteiger partial charge >= 0.3 is 10.2 Å². The SMILES string of the molecule is CCN(C)S(=O)(=O)Nc1cc(F)c(C(=O)c2c[nH]c3ncc(Cl)cc23)c(F)c1. The number of rotatable bonds is 6. The largest absolute Gasteiger partial charge is 0.345 e. The highest BCUT2D eigenvalue weighted by atomic mass is 35.5. The monoisotopic (exact) mass is 428 g/mol. The van der Waals surface area contributed by atoms with Gasteiger partial charge in [-0.1, -0.05) is 18.5 Å². The zero-order valence-corrected chi connectivity index (χ0v) is 16.3. The fourth-order valence-corrected chi connectivity index (χ4v) is 3.62. The molecule has 2 N–H and O–H groups in total. The molecule has 3 rings (SSSR count). The number of aromatic amines is 1. The standard InChI is InChI=1S/C17H15ClF2N4O3S/c1-3-24(2)28(26,27)23-10-5-13(19)15(14(20)6-10)16(25)12-8-22-17-11(12)4-9(18)7-21-17/h4-8,23H,3H2,1-2H3,(H,21,22). The maximum Gasteiger partial charge on any atom is 0.301 e. The van der Waals surface area contributed by atoms with Crippen LogP contribution in [0.4, 0.5) is 14.5 Å². The Hall–Kier alpha value is -2.56. The van der Waals surface area contributed by atoms with Crippen molar-refractivity contribution in [1.29, 1.82) is 0 Å². The third kappa shape index (κ3) is 3.71. The highest BCUT2D eigenvalue weighted by molar-refractivity contribution is 7.90. The average Bonchev–Trinajstić information content (AvgIpc) is 3.02. The Kier molecular flexibility index (Phi) is 5.37. The van der Waals surface area contributed by atoms with Gasteiger partial charge in [-0.05, 0) is 18.2 Å². The van der Waals surface area contributed by atoms with Crippen LogP contribution in [0.25, 0.3) is 11.0 Å². The molecule has 0 saturated carbocycles. The average molecular weight is 429 g/mol. The summed E-state index contributed by atoms with van der Waals surface area (Å²) in [5.41, 5.74) is -0.828. The minimum absolute atomic E-state index is 0.0122. The van der Waals surface area contributed by atoms with Crippen molar-refractivity contribution >= 4 is 44.3 Å². The normalized spacial score (nSPS) is 11.9. The predicted molar refractivity (Wildman–Crippen MR) is 102 cm³/mol. The Balaban J connectivity index is 2.01. The number of ketones is 1. The number of nitrogens with one attached hydrogen (secondary N) is 2. The number of aromatic nitrogens is 2. The first-order chi connectivity index (χ1) is 13.1. The minimum atomic E-state index is -3.97. The lowest BCUT2D eigenvalue weighted by molar-refractivity contribution is 0.103. The lowest BCUT2D eigenvalue weighted by atomic mass is 10.0. The third-order valence-corrected chi connectivity index (χ3v) is 5.89. The van der Waals surface area contributed by atoms with Gasteiger partial charge in [0.15, 0.2) is 0 Å². The fourth-order valence-electron chi connectivity index (χ4n) is 2.55. The van der Waals surface area contributed by atoms with E-state index in [-0.39, 0.29) is 22.8 Å². The number of benzene rings is 1. The van der Waals surface area contributed by atoms with Gasteiger partial charge in [0.1, 0.15) is 17.3 Å². The number of hydrogen-bond donors (Lipinski definition) is 2. The summed E-state index contributed by atoms with van der Waals surface area (Å²) in [7, 11) is -2.66. The number of carbonyl (C=O) groups excluding carboxylic acids is 1. The van der Waals surface area contributed by atoms with E-state index in [2.05, 4.69) is 14.7 Å². The number of hydrogen-bond acceptors (Lipinski definition) is 4. The molecule has 0 bridgehead atoms. The van der Waals surface area contributed by atoms with Crippen molar-refractivity contribution in [2.75, 3.05) is 18.3 Å². The van der Waals surface area contributed by atoms with Crippen molar-refractivity contribution < 1.29 is 22.0 Å². The molecular formula is C17H15ClF2N4O3S. The van der Waals surface area contributed by atoms with Gasteiger partial charge in [0.2, 0.25) is 5.78 Å². The lowest BCUT2D eigenvalue weighted by Crippen LogP contribution is -2.32. The van der Waals surface area contributed by atoms with Gasteiger partial charge in [-0.3, -0.25) is 9.52 Å². The van der Waals surface area contributed by atoms with Crippen LogP contribution in [0.1, 0.15) is 22.8 Å². The van der Waals surface area contributed by atoms with Crippen LogP contribution in [0.15, 0.2) is 30.6 Å². The summed E-state index contributed by atoms with van der Waals surface area (Å²) < 4.78 is 56.1. The Bertz CT molecular complexity index is 1160. The highest BCUT2D eigenvalue weighted by Crippen LogP contribution is 2.27. The molecule has 1 aromatic carbocycles. The molecule has 0 amide bonds. The van der Waals surface area contributed by atoms with E-state index in [9.17, 15) is 22.0 Å². The number of carbonyl (C=O) groups is 1. The summed E-state index contributed by atoms with van der Waals surface area (Å²) >= 11 is 5.88. The molecule has 0 aliphatic heterocycles. The molecule has 3 aromatic rings. The zero-order valence-electron chi connectivity index (χ0n) is 14.8. The molecule has 0 saturated heterocycles. The first kappa shape index (κ1) is 20.2. The zero-order chi connectivity index (χ0) is 20.6. The summed E-state index contributed by atoms with van der Waals surface area (Å²) in [5, 5.41) is 0.567. The molecule has 0 aliphatic carbocycles. The van der Waals surface area contributed by atoms with E-state index in [0.29, 0.717) is 11.0 Å². The second-order valence-electron chi connectivity index (χ2n) is 5.92. The van der Waals surface area contributed by atoms with Crippen molar-refractivity contribution in [2.45, 2.75) is 6.92 Å². The van der Waals surface area contributed by atoms with Crippen LogP contribution >= 0.6 is 11.6 Å². The Morgan fingerprint density at radius 2 is 1.93 bits per heavy atom. The first-order valence-electron chi connectivity index (χ1n) is 8.04. The summed E-state index contributed by atoms with van der Waals surface area (Å²) in [5.74, 6) is -3.33. The topological polar surface area (TPSA) is 95.2 Å². The number of halogens is 3. The molecular weight excluding hydrogens is 414 g/mol. The number of nitrogens with zero attached hydrogens (tertiary/aromatic N) is 2. The molecule has 0 atom stereocenters. The predicted octanol–water partition coefficient (Wildman–Crippen LogP) is 3.33. The number of fused-ring (bicyclic) bond motifs is 1. The Labute approximate surface area is 164 Å².